The van der Waals surface area contributed by atoms with Gasteiger partial charge in [-0.1, -0.05) is 48.5 Å². The van der Waals surface area contributed by atoms with Crippen LogP contribution in [-0.4, -0.2) is 56.9 Å². The summed E-state index contributed by atoms with van der Waals surface area (Å²) in [6.07, 6.45) is 3.66. The Hall–Kier alpha value is -3.17. The molecule has 2 aromatic carbocycles. The average molecular weight is 510 g/mol. The maximum Gasteiger partial charge on any atom is 0.286 e. The first-order chi connectivity index (χ1) is 18.2. The summed E-state index contributed by atoms with van der Waals surface area (Å²) in [6.45, 7) is 4.34. The number of carbonyl (C=O) groups is 1. The Labute approximate surface area is 217 Å². The van der Waals surface area contributed by atoms with Gasteiger partial charge in [0.1, 0.15) is 5.58 Å². The lowest BCUT2D eigenvalue weighted by Crippen LogP contribution is -2.39. The molecule has 0 spiro atoms. The molecule has 1 aliphatic rings. The summed E-state index contributed by atoms with van der Waals surface area (Å²) in [5.74, 6) is -0.341. The minimum absolute atomic E-state index is 0.0105. The van der Waals surface area contributed by atoms with Gasteiger partial charge in [-0.3, -0.25) is 4.79 Å². The molecule has 0 saturated heterocycles. The van der Waals surface area contributed by atoms with Crippen molar-refractivity contribution in [1.29, 1.82) is 0 Å². The highest BCUT2D eigenvalue weighted by molar-refractivity contribution is 5.92. The average Bonchev–Trinajstić information content (AvgIpc) is 3.36. The van der Waals surface area contributed by atoms with Crippen molar-refractivity contribution >= 4 is 16.9 Å². The van der Waals surface area contributed by atoms with E-state index in [9.17, 15) is 4.79 Å². The SMILES string of the molecule is CCO[C@@H]1OC(C(=O)NCc2ccccc2)=C[C@H](c2coc3ccccc23)[C@@H]1CCOCCOCCO. The third-order valence-electron chi connectivity index (χ3n) is 6.31. The highest BCUT2D eigenvalue weighted by Crippen LogP contribution is 2.41. The first-order valence-corrected chi connectivity index (χ1v) is 12.8. The van der Waals surface area contributed by atoms with E-state index in [0.29, 0.717) is 46.0 Å². The summed E-state index contributed by atoms with van der Waals surface area (Å²) in [5.41, 5.74) is 2.77. The van der Waals surface area contributed by atoms with Crippen LogP contribution in [0.5, 0.6) is 0 Å². The predicted octanol–water partition coefficient (Wildman–Crippen LogP) is 4.14. The largest absolute Gasteiger partial charge is 0.464 e. The Balaban J connectivity index is 1.54. The van der Waals surface area contributed by atoms with E-state index in [2.05, 4.69) is 5.32 Å². The number of hydrogen-bond acceptors (Lipinski definition) is 7. The molecule has 1 aliphatic heterocycles. The van der Waals surface area contributed by atoms with E-state index in [4.69, 9.17) is 28.5 Å². The molecule has 0 radical (unpaired) electrons. The molecule has 8 nitrogen and oxygen atoms in total. The lowest BCUT2D eigenvalue weighted by atomic mass is 9.81. The van der Waals surface area contributed by atoms with E-state index in [1.165, 1.54) is 0 Å². The molecule has 4 rings (SSSR count). The Morgan fingerprint density at radius 3 is 2.54 bits per heavy atom. The number of aliphatic hydroxyl groups excluding tert-OH is 1. The summed E-state index contributed by atoms with van der Waals surface area (Å²) in [7, 11) is 0. The van der Waals surface area contributed by atoms with Crippen molar-refractivity contribution in [2.24, 2.45) is 5.92 Å². The van der Waals surface area contributed by atoms with Gasteiger partial charge >= 0.3 is 0 Å². The number of amides is 1. The molecule has 1 amide bonds. The standard InChI is InChI=1S/C29H35NO7/c1-2-35-29-23(12-14-33-16-17-34-15-13-31)24(25-20-36-26-11-7-6-10-22(25)26)18-27(37-29)28(32)30-19-21-8-4-3-5-9-21/h3-11,18,20,23-24,29,31H,2,12-17,19H2,1H3,(H,30,32)/t23-,24-,29+/m0/s1. The van der Waals surface area contributed by atoms with E-state index in [1.807, 2.05) is 67.6 Å². The van der Waals surface area contributed by atoms with Crippen molar-refractivity contribution in [3.63, 3.8) is 0 Å². The molecular formula is C29H35NO7. The van der Waals surface area contributed by atoms with Gasteiger partial charge in [-0.15, -0.1) is 0 Å². The van der Waals surface area contributed by atoms with Gasteiger partial charge in [0.05, 0.1) is 32.7 Å². The fourth-order valence-electron chi connectivity index (χ4n) is 4.52. The number of furan rings is 1. The second-order valence-electron chi connectivity index (χ2n) is 8.75. The minimum Gasteiger partial charge on any atom is -0.464 e. The fourth-order valence-corrected chi connectivity index (χ4v) is 4.52. The molecule has 2 N–H and O–H groups in total. The van der Waals surface area contributed by atoms with Gasteiger partial charge in [-0.25, -0.2) is 0 Å². The molecule has 1 aromatic heterocycles. The predicted molar refractivity (Wildman–Crippen MR) is 139 cm³/mol. The van der Waals surface area contributed by atoms with E-state index in [0.717, 1.165) is 22.1 Å². The highest BCUT2D eigenvalue weighted by Gasteiger charge is 2.39. The number of ether oxygens (including phenoxy) is 4. The summed E-state index contributed by atoms with van der Waals surface area (Å²) in [6, 6.07) is 17.6. The van der Waals surface area contributed by atoms with Gasteiger partial charge in [-0.05, 0) is 31.1 Å². The maximum absolute atomic E-state index is 13.2. The Morgan fingerprint density at radius 1 is 1.00 bits per heavy atom. The van der Waals surface area contributed by atoms with Crippen LogP contribution in [-0.2, 0) is 30.3 Å². The molecule has 3 aromatic rings. The van der Waals surface area contributed by atoms with Gasteiger partial charge in [0.2, 0.25) is 6.29 Å². The van der Waals surface area contributed by atoms with Gasteiger partial charge in [-0.2, -0.15) is 0 Å². The first-order valence-electron chi connectivity index (χ1n) is 12.8. The summed E-state index contributed by atoms with van der Waals surface area (Å²) < 4.78 is 29.0. The zero-order valence-corrected chi connectivity index (χ0v) is 21.1. The van der Waals surface area contributed by atoms with Crippen LogP contribution < -0.4 is 5.32 Å². The molecule has 0 unspecified atom stereocenters. The Kier molecular flexibility index (Phi) is 10.1. The zero-order valence-electron chi connectivity index (χ0n) is 21.1. The highest BCUT2D eigenvalue weighted by atomic mass is 16.7. The molecule has 0 bridgehead atoms. The number of fused-ring (bicyclic) bond motifs is 1. The van der Waals surface area contributed by atoms with Gasteiger partial charge in [0.25, 0.3) is 5.91 Å². The third-order valence-corrected chi connectivity index (χ3v) is 6.31. The normalized spacial score (nSPS) is 19.4. The molecule has 3 atom stereocenters. The van der Waals surface area contributed by atoms with Crippen molar-refractivity contribution in [3.8, 4) is 0 Å². The van der Waals surface area contributed by atoms with Crippen molar-refractivity contribution < 1.29 is 33.3 Å². The molecule has 37 heavy (non-hydrogen) atoms. The van der Waals surface area contributed by atoms with Crippen LogP contribution in [0, 0.1) is 5.92 Å². The molecule has 0 saturated carbocycles. The van der Waals surface area contributed by atoms with Gasteiger partial charge < -0.3 is 33.8 Å². The lowest BCUT2D eigenvalue weighted by molar-refractivity contribution is -0.168. The van der Waals surface area contributed by atoms with E-state index in [-0.39, 0.29) is 30.1 Å². The topological polar surface area (TPSA) is 99.4 Å². The van der Waals surface area contributed by atoms with E-state index >= 15 is 0 Å². The number of hydrogen-bond donors (Lipinski definition) is 2. The summed E-state index contributed by atoms with van der Waals surface area (Å²) >= 11 is 0. The maximum atomic E-state index is 13.2. The smallest absolute Gasteiger partial charge is 0.286 e. The van der Waals surface area contributed by atoms with Gasteiger partial charge in [0, 0.05) is 42.5 Å². The molecular weight excluding hydrogens is 474 g/mol. The van der Waals surface area contributed by atoms with Crippen LogP contribution in [0.1, 0.15) is 30.4 Å². The number of carbonyl (C=O) groups excluding carboxylic acids is 1. The molecule has 0 fully saturated rings. The number of nitrogens with one attached hydrogen (secondary N) is 1. The van der Waals surface area contributed by atoms with Gasteiger partial charge in [0.15, 0.2) is 5.76 Å². The van der Waals surface area contributed by atoms with Crippen LogP contribution in [0.2, 0.25) is 0 Å². The van der Waals surface area contributed by atoms with Crippen LogP contribution in [0.3, 0.4) is 0 Å². The number of rotatable bonds is 14. The number of benzene rings is 2. The van der Waals surface area contributed by atoms with Crippen molar-refractivity contribution in [3.05, 3.63) is 83.8 Å². The van der Waals surface area contributed by atoms with Crippen molar-refractivity contribution in [1.82, 2.24) is 5.32 Å². The minimum atomic E-state index is -0.625. The van der Waals surface area contributed by atoms with Crippen LogP contribution in [0.4, 0.5) is 0 Å². The second-order valence-corrected chi connectivity index (χ2v) is 8.75. The number of allylic oxidation sites excluding steroid dienone is 1. The first kappa shape index (κ1) is 26.9. The van der Waals surface area contributed by atoms with E-state index in [1.54, 1.807) is 6.26 Å². The molecule has 0 aliphatic carbocycles. The Bertz CT molecular complexity index is 1140. The lowest BCUT2D eigenvalue weighted by Gasteiger charge is -2.36. The number of para-hydroxylation sites is 1. The van der Waals surface area contributed by atoms with Crippen LogP contribution >= 0.6 is 0 Å². The van der Waals surface area contributed by atoms with Crippen molar-refractivity contribution in [2.45, 2.75) is 32.1 Å². The van der Waals surface area contributed by atoms with E-state index < -0.39 is 6.29 Å². The molecule has 8 heteroatoms. The molecule has 198 valence electrons. The fraction of sp³-hybridized carbons (Fsp3) is 0.414. The zero-order chi connectivity index (χ0) is 25.9. The second kappa shape index (κ2) is 13.9. The summed E-state index contributed by atoms with van der Waals surface area (Å²) in [4.78, 5) is 13.2. The monoisotopic (exact) mass is 509 g/mol. The third kappa shape index (κ3) is 7.20. The summed E-state index contributed by atoms with van der Waals surface area (Å²) in [5, 5.41) is 12.8. The molecule has 2 heterocycles. The number of aliphatic hydroxyl groups is 1. The quantitative estimate of drug-likeness (QED) is 0.315. The van der Waals surface area contributed by atoms with Crippen LogP contribution in [0.15, 0.2) is 77.1 Å². The Morgan fingerprint density at radius 2 is 1.76 bits per heavy atom. The van der Waals surface area contributed by atoms with Crippen molar-refractivity contribution in [2.75, 3.05) is 39.6 Å². The van der Waals surface area contributed by atoms with Crippen LogP contribution in [0.25, 0.3) is 11.0 Å².